The minimum absolute atomic E-state index is 0.815. The van der Waals surface area contributed by atoms with E-state index in [4.69, 9.17) is 5.73 Å². The van der Waals surface area contributed by atoms with Gasteiger partial charge in [-0.05, 0) is 44.8 Å². The van der Waals surface area contributed by atoms with Crippen LogP contribution in [-0.2, 0) is 0 Å². The first-order valence-electron chi connectivity index (χ1n) is 4.86. The SMILES string of the molecule is NC[C@H]1CCN2CCCC[C@@H]12. The summed E-state index contributed by atoms with van der Waals surface area (Å²) in [7, 11) is 0. The summed E-state index contributed by atoms with van der Waals surface area (Å²) in [5, 5.41) is 0. The van der Waals surface area contributed by atoms with E-state index in [1.54, 1.807) is 0 Å². The highest BCUT2D eigenvalue weighted by Crippen LogP contribution is 2.30. The van der Waals surface area contributed by atoms with Crippen LogP contribution >= 0.6 is 0 Å². The van der Waals surface area contributed by atoms with Crippen molar-refractivity contribution in [3.8, 4) is 0 Å². The Balaban J connectivity index is 1.98. The van der Waals surface area contributed by atoms with Gasteiger partial charge in [-0.15, -0.1) is 0 Å². The van der Waals surface area contributed by atoms with Crippen molar-refractivity contribution in [1.29, 1.82) is 0 Å². The molecule has 2 nitrogen and oxygen atoms in total. The maximum absolute atomic E-state index is 5.71. The second-order valence-corrected chi connectivity index (χ2v) is 3.88. The standard InChI is InChI=1S/C9H18N2/c10-7-8-4-6-11-5-2-1-3-9(8)11/h8-9H,1-7,10H2/t8-,9+/m1/s1. The number of rotatable bonds is 1. The van der Waals surface area contributed by atoms with E-state index in [2.05, 4.69) is 4.90 Å². The van der Waals surface area contributed by atoms with Crippen LogP contribution < -0.4 is 5.73 Å². The zero-order valence-corrected chi connectivity index (χ0v) is 7.13. The normalized spacial score (nSPS) is 39.0. The zero-order valence-electron chi connectivity index (χ0n) is 7.13. The van der Waals surface area contributed by atoms with Crippen molar-refractivity contribution in [2.75, 3.05) is 19.6 Å². The third-order valence-electron chi connectivity index (χ3n) is 3.30. The lowest BCUT2D eigenvalue weighted by Crippen LogP contribution is -2.38. The zero-order chi connectivity index (χ0) is 7.68. The maximum atomic E-state index is 5.71. The molecule has 0 amide bonds. The second kappa shape index (κ2) is 3.11. The number of piperidine rings is 1. The molecule has 0 radical (unpaired) electrons. The van der Waals surface area contributed by atoms with Crippen molar-refractivity contribution in [3.63, 3.8) is 0 Å². The van der Waals surface area contributed by atoms with Gasteiger partial charge in [0.15, 0.2) is 0 Å². The molecule has 2 heteroatoms. The third-order valence-corrected chi connectivity index (χ3v) is 3.30. The minimum atomic E-state index is 0.815. The van der Waals surface area contributed by atoms with Crippen molar-refractivity contribution in [2.24, 2.45) is 11.7 Å². The lowest BCUT2D eigenvalue weighted by atomic mass is 9.93. The highest BCUT2D eigenvalue weighted by atomic mass is 15.2. The molecule has 0 aliphatic carbocycles. The monoisotopic (exact) mass is 154 g/mol. The summed E-state index contributed by atoms with van der Waals surface area (Å²) in [6.45, 7) is 3.55. The van der Waals surface area contributed by atoms with Crippen LogP contribution in [0.15, 0.2) is 0 Å². The lowest BCUT2D eigenvalue weighted by molar-refractivity contribution is 0.174. The van der Waals surface area contributed by atoms with Gasteiger partial charge in [0.2, 0.25) is 0 Å². The van der Waals surface area contributed by atoms with E-state index in [1.807, 2.05) is 0 Å². The Bertz CT molecular complexity index is 130. The van der Waals surface area contributed by atoms with E-state index in [0.717, 1.165) is 18.5 Å². The lowest BCUT2D eigenvalue weighted by Gasteiger charge is -2.31. The van der Waals surface area contributed by atoms with E-state index >= 15 is 0 Å². The fourth-order valence-corrected chi connectivity index (χ4v) is 2.63. The number of hydrogen-bond donors (Lipinski definition) is 1. The van der Waals surface area contributed by atoms with Crippen LogP contribution in [0.5, 0.6) is 0 Å². The van der Waals surface area contributed by atoms with Gasteiger partial charge in [-0.25, -0.2) is 0 Å². The summed E-state index contributed by atoms with van der Waals surface area (Å²) in [6, 6.07) is 0.855. The fourth-order valence-electron chi connectivity index (χ4n) is 2.63. The first kappa shape index (κ1) is 7.56. The van der Waals surface area contributed by atoms with Gasteiger partial charge in [0.05, 0.1) is 0 Å². The van der Waals surface area contributed by atoms with Crippen LogP contribution in [0.4, 0.5) is 0 Å². The molecule has 0 spiro atoms. The molecule has 0 aromatic heterocycles. The van der Waals surface area contributed by atoms with E-state index in [9.17, 15) is 0 Å². The number of hydrogen-bond acceptors (Lipinski definition) is 2. The Morgan fingerprint density at radius 1 is 1.18 bits per heavy atom. The van der Waals surface area contributed by atoms with Crippen molar-refractivity contribution in [3.05, 3.63) is 0 Å². The largest absolute Gasteiger partial charge is 0.330 e. The average Bonchev–Trinajstić information content (AvgIpc) is 2.47. The van der Waals surface area contributed by atoms with Crippen LogP contribution in [0.3, 0.4) is 0 Å². The molecule has 2 atom stereocenters. The van der Waals surface area contributed by atoms with Gasteiger partial charge >= 0.3 is 0 Å². The molecule has 2 rings (SSSR count). The Labute approximate surface area is 68.7 Å². The summed E-state index contributed by atoms with van der Waals surface area (Å²) < 4.78 is 0. The molecule has 0 aromatic rings. The maximum Gasteiger partial charge on any atom is 0.0136 e. The molecule has 2 N–H and O–H groups in total. The third kappa shape index (κ3) is 1.30. The van der Waals surface area contributed by atoms with Crippen molar-refractivity contribution in [2.45, 2.75) is 31.7 Å². The molecule has 2 saturated heterocycles. The quantitative estimate of drug-likeness (QED) is 0.606. The van der Waals surface area contributed by atoms with Gasteiger partial charge in [0, 0.05) is 6.04 Å². The molecule has 64 valence electrons. The topological polar surface area (TPSA) is 29.3 Å². The molecule has 2 aliphatic heterocycles. The molecule has 0 saturated carbocycles. The van der Waals surface area contributed by atoms with Crippen LogP contribution in [0, 0.1) is 5.92 Å². The van der Waals surface area contributed by atoms with Gasteiger partial charge in [-0.2, -0.15) is 0 Å². The Morgan fingerprint density at radius 2 is 2.09 bits per heavy atom. The number of nitrogens with two attached hydrogens (primary N) is 1. The molecule has 0 bridgehead atoms. The highest BCUT2D eigenvalue weighted by Gasteiger charge is 2.34. The Hall–Kier alpha value is -0.0800. The fraction of sp³-hybridized carbons (Fsp3) is 1.00. The van der Waals surface area contributed by atoms with E-state index in [1.165, 1.54) is 38.8 Å². The van der Waals surface area contributed by atoms with Gasteiger partial charge in [-0.1, -0.05) is 6.42 Å². The van der Waals surface area contributed by atoms with E-state index in [0.29, 0.717) is 0 Å². The molecule has 0 aromatic carbocycles. The summed E-state index contributed by atoms with van der Waals surface area (Å²) >= 11 is 0. The first-order chi connectivity index (χ1) is 5.42. The smallest absolute Gasteiger partial charge is 0.0136 e. The van der Waals surface area contributed by atoms with Crippen LogP contribution in [0.1, 0.15) is 25.7 Å². The van der Waals surface area contributed by atoms with Crippen LogP contribution in [0.25, 0.3) is 0 Å². The van der Waals surface area contributed by atoms with Gasteiger partial charge in [0.25, 0.3) is 0 Å². The number of nitrogens with zero attached hydrogens (tertiary/aromatic N) is 1. The van der Waals surface area contributed by atoms with Gasteiger partial charge in [-0.3, -0.25) is 0 Å². The molecule has 2 aliphatic rings. The summed E-state index contributed by atoms with van der Waals surface area (Å²) in [5.41, 5.74) is 5.71. The predicted molar refractivity (Wildman–Crippen MR) is 46.4 cm³/mol. The predicted octanol–water partition coefficient (Wildman–Crippen LogP) is 0.819. The summed E-state index contributed by atoms with van der Waals surface area (Å²) in [6.07, 6.45) is 5.59. The van der Waals surface area contributed by atoms with Gasteiger partial charge < -0.3 is 10.6 Å². The molecular weight excluding hydrogens is 136 g/mol. The molecule has 0 unspecified atom stereocenters. The van der Waals surface area contributed by atoms with Gasteiger partial charge in [0.1, 0.15) is 0 Å². The molecular formula is C9H18N2. The first-order valence-corrected chi connectivity index (χ1v) is 4.86. The van der Waals surface area contributed by atoms with E-state index < -0.39 is 0 Å². The summed E-state index contributed by atoms with van der Waals surface area (Å²) in [5.74, 6) is 0.815. The van der Waals surface area contributed by atoms with Crippen molar-refractivity contribution >= 4 is 0 Å². The number of fused-ring (bicyclic) bond motifs is 1. The molecule has 11 heavy (non-hydrogen) atoms. The van der Waals surface area contributed by atoms with E-state index in [-0.39, 0.29) is 0 Å². The van der Waals surface area contributed by atoms with Crippen molar-refractivity contribution in [1.82, 2.24) is 4.90 Å². The Kier molecular flexibility index (Phi) is 2.14. The highest BCUT2D eigenvalue weighted by molar-refractivity contribution is 4.89. The average molecular weight is 154 g/mol. The van der Waals surface area contributed by atoms with Crippen LogP contribution in [0.2, 0.25) is 0 Å². The van der Waals surface area contributed by atoms with Crippen molar-refractivity contribution < 1.29 is 0 Å². The Morgan fingerprint density at radius 3 is 2.91 bits per heavy atom. The van der Waals surface area contributed by atoms with Crippen LogP contribution in [-0.4, -0.2) is 30.6 Å². The minimum Gasteiger partial charge on any atom is -0.330 e. The molecule has 2 heterocycles. The summed E-state index contributed by atoms with van der Waals surface area (Å²) in [4.78, 5) is 2.64. The molecule has 2 fully saturated rings. The second-order valence-electron chi connectivity index (χ2n) is 3.88.